The molecule has 0 fully saturated rings. The minimum Gasteiger partial charge on any atom is -0.497 e. The quantitative estimate of drug-likeness (QED) is 0.230. The summed E-state index contributed by atoms with van der Waals surface area (Å²) in [4.78, 5) is 26.2. The maximum atomic E-state index is 13.1. The van der Waals surface area contributed by atoms with Crippen molar-refractivity contribution >= 4 is 29.3 Å². The second kappa shape index (κ2) is 10.9. The summed E-state index contributed by atoms with van der Waals surface area (Å²) >= 11 is 0. The molecule has 182 valence electrons. The van der Waals surface area contributed by atoms with Crippen LogP contribution in [0.1, 0.15) is 36.5 Å². The molecule has 5 nitrogen and oxygen atoms in total. The van der Waals surface area contributed by atoms with E-state index >= 15 is 0 Å². The molecule has 8 heteroatoms. The van der Waals surface area contributed by atoms with Crippen molar-refractivity contribution in [3.05, 3.63) is 95.1 Å². The SMILES string of the molecule is COc1cccc(NC(=O)/C(=C\c2ccc(C(C)C)cc2)C(=O)Nc2cccc(C(F)(F)F)c2)c1. The van der Waals surface area contributed by atoms with E-state index in [0.29, 0.717) is 22.9 Å². The summed E-state index contributed by atoms with van der Waals surface area (Å²) in [5.41, 5.74) is 0.790. The largest absolute Gasteiger partial charge is 0.497 e. The first-order valence-electron chi connectivity index (χ1n) is 10.8. The summed E-state index contributed by atoms with van der Waals surface area (Å²) in [6.45, 7) is 4.08. The number of halogens is 3. The van der Waals surface area contributed by atoms with Gasteiger partial charge in [0.05, 0.1) is 12.7 Å². The molecule has 0 aliphatic rings. The van der Waals surface area contributed by atoms with Crippen molar-refractivity contribution in [2.24, 2.45) is 0 Å². The van der Waals surface area contributed by atoms with Crippen LogP contribution in [0.5, 0.6) is 5.75 Å². The van der Waals surface area contributed by atoms with Crippen molar-refractivity contribution < 1.29 is 27.5 Å². The number of benzene rings is 3. The summed E-state index contributed by atoms with van der Waals surface area (Å²) in [5, 5.41) is 5.04. The fourth-order valence-corrected chi connectivity index (χ4v) is 3.25. The molecular formula is C27H25F3N2O3. The third-order valence-electron chi connectivity index (χ3n) is 5.18. The number of carbonyl (C=O) groups excluding carboxylic acids is 2. The predicted octanol–water partition coefficient (Wildman–Crippen LogP) is 6.50. The van der Waals surface area contributed by atoms with Crippen LogP contribution in [0.3, 0.4) is 0 Å². The Morgan fingerprint density at radius 1 is 0.857 bits per heavy atom. The lowest BCUT2D eigenvalue weighted by atomic mass is 10.0. The Morgan fingerprint density at radius 2 is 1.43 bits per heavy atom. The Hall–Kier alpha value is -4.07. The Labute approximate surface area is 201 Å². The van der Waals surface area contributed by atoms with E-state index in [1.165, 1.54) is 25.3 Å². The molecule has 0 saturated heterocycles. The third-order valence-corrected chi connectivity index (χ3v) is 5.18. The molecule has 0 unspecified atom stereocenters. The zero-order chi connectivity index (χ0) is 25.6. The Kier molecular flexibility index (Phi) is 7.96. The molecular weight excluding hydrogens is 457 g/mol. The number of nitrogens with one attached hydrogen (secondary N) is 2. The van der Waals surface area contributed by atoms with Crippen LogP contribution >= 0.6 is 0 Å². The van der Waals surface area contributed by atoms with Gasteiger partial charge in [-0.05, 0) is 53.5 Å². The molecule has 0 saturated carbocycles. The van der Waals surface area contributed by atoms with Crippen molar-refractivity contribution in [2.45, 2.75) is 25.9 Å². The number of hydrogen-bond donors (Lipinski definition) is 2. The van der Waals surface area contributed by atoms with E-state index in [0.717, 1.165) is 17.7 Å². The lowest BCUT2D eigenvalue weighted by Crippen LogP contribution is -2.25. The van der Waals surface area contributed by atoms with Crippen molar-refractivity contribution in [1.82, 2.24) is 0 Å². The van der Waals surface area contributed by atoms with Gasteiger partial charge in [0.15, 0.2) is 0 Å². The minimum absolute atomic E-state index is 0.0833. The van der Waals surface area contributed by atoms with Crippen LogP contribution in [-0.2, 0) is 15.8 Å². The van der Waals surface area contributed by atoms with Crippen molar-refractivity contribution in [3.63, 3.8) is 0 Å². The number of methoxy groups -OCH3 is 1. The molecule has 35 heavy (non-hydrogen) atoms. The Morgan fingerprint density at radius 3 is 1.97 bits per heavy atom. The number of carbonyl (C=O) groups is 2. The van der Waals surface area contributed by atoms with Crippen molar-refractivity contribution in [3.8, 4) is 5.75 Å². The molecule has 3 aromatic carbocycles. The van der Waals surface area contributed by atoms with Crippen LogP contribution in [0.25, 0.3) is 6.08 Å². The maximum Gasteiger partial charge on any atom is 0.416 e. The lowest BCUT2D eigenvalue weighted by molar-refractivity contribution is -0.137. The fourth-order valence-electron chi connectivity index (χ4n) is 3.25. The minimum atomic E-state index is -4.57. The molecule has 2 N–H and O–H groups in total. The predicted molar refractivity (Wildman–Crippen MR) is 130 cm³/mol. The summed E-state index contributed by atoms with van der Waals surface area (Å²) < 4.78 is 44.4. The Bertz CT molecular complexity index is 1230. The topological polar surface area (TPSA) is 67.4 Å². The van der Waals surface area contributed by atoms with E-state index in [1.807, 2.05) is 26.0 Å². The number of ether oxygens (including phenoxy) is 1. The van der Waals surface area contributed by atoms with Crippen LogP contribution in [0, 0.1) is 0 Å². The van der Waals surface area contributed by atoms with Crippen LogP contribution in [0.2, 0.25) is 0 Å². The number of amides is 2. The van der Waals surface area contributed by atoms with Gasteiger partial charge in [-0.25, -0.2) is 0 Å². The van der Waals surface area contributed by atoms with Crippen LogP contribution < -0.4 is 15.4 Å². The second-order valence-corrected chi connectivity index (χ2v) is 8.10. The van der Waals surface area contributed by atoms with Gasteiger partial charge in [0.1, 0.15) is 11.3 Å². The summed E-state index contributed by atoms with van der Waals surface area (Å²) in [5.74, 6) is -0.771. The van der Waals surface area contributed by atoms with Crippen LogP contribution in [0.15, 0.2) is 78.4 Å². The van der Waals surface area contributed by atoms with Gasteiger partial charge in [0.25, 0.3) is 11.8 Å². The highest BCUT2D eigenvalue weighted by atomic mass is 19.4. The molecule has 3 rings (SSSR count). The monoisotopic (exact) mass is 482 g/mol. The number of hydrogen-bond acceptors (Lipinski definition) is 3. The highest BCUT2D eigenvalue weighted by molar-refractivity contribution is 6.28. The van der Waals surface area contributed by atoms with Gasteiger partial charge in [-0.15, -0.1) is 0 Å². The van der Waals surface area contributed by atoms with Crippen molar-refractivity contribution in [2.75, 3.05) is 17.7 Å². The average molecular weight is 483 g/mol. The highest BCUT2D eigenvalue weighted by Gasteiger charge is 2.30. The molecule has 0 spiro atoms. The first-order chi connectivity index (χ1) is 16.6. The number of alkyl halides is 3. The van der Waals surface area contributed by atoms with Gasteiger partial charge in [-0.2, -0.15) is 13.2 Å². The smallest absolute Gasteiger partial charge is 0.416 e. The standard InChI is InChI=1S/C27H25F3N2O3/c1-17(2)19-12-10-18(11-13-19)14-24(26(34)32-22-8-5-9-23(16-22)35-3)25(33)31-21-7-4-6-20(15-21)27(28,29)30/h4-17H,1-3H3,(H,31,33)(H,32,34)/b24-14-. The van der Waals surface area contributed by atoms with Gasteiger partial charge in [0, 0.05) is 17.4 Å². The fraction of sp³-hybridized carbons (Fsp3) is 0.185. The first kappa shape index (κ1) is 25.6. The summed E-state index contributed by atoms with van der Waals surface area (Å²) in [6, 6.07) is 18.1. The molecule has 0 heterocycles. The van der Waals surface area contributed by atoms with E-state index in [2.05, 4.69) is 10.6 Å². The van der Waals surface area contributed by atoms with Crippen LogP contribution in [-0.4, -0.2) is 18.9 Å². The molecule has 0 aliphatic carbocycles. The molecule has 0 atom stereocenters. The molecule has 0 radical (unpaired) electrons. The summed E-state index contributed by atoms with van der Waals surface area (Å²) in [7, 11) is 1.48. The normalized spacial score (nSPS) is 11.8. The maximum absolute atomic E-state index is 13.1. The summed E-state index contributed by atoms with van der Waals surface area (Å²) in [6.07, 6.45) is -3.18. The lowest BCUT2D eigenvalue weighted by Gasteiger charge is -2.13. The van der Waals surface area contributed by atoms with Gasteiger partial charge in [0.2, 0.25) is 0 Å². The van der Waals surface area contributed by atoms with E-state index in [-0.39, 0.29) is 11.3 Å². The van der Waals surface area contributed by atoms with E-state index in [9.17, 15) is 22.8 Å². The Balaban J connectivity index is 1.93. The molecule has 2 amide bonds. The van der Waals surface area contributed by atoms with Gasteiger partial charge < -0.3 is 15.4 Å². The first-order valence-corrected chi connectivity index (χ1v) is 10.8. The zero-order valence-corrected chi connectivity index (χ0v) is 19.4. The zero-order valence-electron chi connectivity index (χ0n) is 19.4. The average Bonchev–Trinajstić information content (AvgIpc) is 2.82. The second-order valence-electron chi connectivity index (χ2n) is 8.10. The third kappa shape index (κ3) is 6.96. The molecule has 0 aliphatic heterocycles. The number of rotatable bonds is 7. The van der Waals surface area contributed by atoms with Crippen molar-refractivity contribution in [1.29, 1.82) is 0 Å². The van der Waals surface area contributed by atoms with Crippen LogP contribution in [0.4, 0.5) is 24.5 Å². The molecule has 0 aromatic heterocycles. The van der Waals surface area contributed by atoms with E-state index in [4.69, 9.17) is 4.74 Å². The number of anilines is 2. The molecule has 3 aromatic rings. The van der Waals surface area contributed by atoms with E-state index in [1.54, 1.807) is 36.4 Å². The van der Waals surface area contributed by atoms with Gasteiger partial charge >= 0.3 is 6.18 Å². The van der Waals surface area contributed by atoms with E-state index < -0.39 is 23.6 Å². The highest BCUT2D eigenvalue weighted by Crippen LogP contribution is 2.31. The molecule has 0 bridgehead atoms. The van der Waals surface area contributed by atoms with Gasteiger partial charge in [-0.3, -0.25) is 9.59 Å². The van der Waals surface area contributed by atoms with Gasteiger partial charge in [-0.1, -0.05) is 50.2 Å².